The van der Waals surface area contributed by atoms with Crippen molar-refractivity contribution in [2.75, 3.05) is 11.9 Å². The first kappa shape index (κ1) is 13.8. The number of benzene rings is 2. The predicted octanol–water partition coefficient (Wildman–Crippen LogP) is 3.18. The van der Waals surface area contributed by atoms with Crippen LogP contribution in [0.3, 0.4) is 0 Å². The maximum absolute atomic E-state index is 12.3. The second-order valence-electron chi connectivity index (χ2n) is 4.24. The van der Waals surface area contributed by atoms with Crippen LogP contribution < -0.4 is 10.6 Å². The number of halogens is 1. The summed E-state index contributed by atoms with van der Waals surface area (Å²) in [5.74, 6) is -0.0362. The summed E-state index contributed by atoms with van der Waals surface area (Å²) in [7, 11) is 1.77. The van der Waals surface area contributed by atoms with Crippen molar-refractivity contribution in [2.45, 2.75) is 6.54 Å². The summed E-state index contributed by atoms with van der Waals surface area (Å²) in [6.45, 7) is 0.483. The van der Waals surface area contributed by atoms with Crippen molar-refractivity contribution < 1.29 is 4.79 Å². The van der Waals surface area contributed by atoms with Crippen molar-refractivity contribution in [3.8, 4) is 0 Å². The molecule has 98 valence electrons. The van der Waals surface area contributed by atoms with Crippen LogP contribution in [0.25, 0.3) is 0 Å². The van der Waals surface area contributed by atoms with Gasteiger partial charge in [-0.2, -0.15) is 0 Å². The van der Waals surface area contributed by atoms with Crippen LogP contribution in [-0.4, -0.2) is 13.0 Å². The Kier molecular flexibility index (Phi) is 4.35. The van der Waals surface area contributed by atoms with Gasteiger partial charge in [0.05, 0.1) is 0 Å². The van der Waals surface area contributed by atoms with Gasteiger partial charge in [-0.1, -0.05) is 28.1 Å². The molecule has 2 aromatic rings. The minimum absolute atomic E-state index is 0.0362. The fourth-order valence-corrected chi connectivity index (χ4v) is 2.02. The molecular weight excluding hydrogens is 304 g/mol. The number of carbonyl (C=O) groups is 1. The molecule has 0 unspecified atom stereocenters. The standard InChI is InChI=1S/C15H15BrN2O/c1-18(14-8-6-13(16)7-9-14)15(19)12-4-2-11(10-17)3-5-12/h2-9H,10,17H2,1H3. The quantitative estimate of drug-likeness (QED) is 0.944. The molecule has 0 bridgehead atoms. The summed E-state index contributed by atoms with van der Waals surface area (Å²) in [6.07, 6.45) is 0. The van der Waals surface area contributed by atoms with Crippen LogP contribution >= 0.6 is 15.9 Å². The van der Waals surface area contributed by atoms with Crippen LogP contribution in [0.1, 0.15) is 15.9 Å². The van der Waals surface area contributed by atoms with Crippen molar-refractivity contribution >= 4 is 27.5 Å². The Morgan fingerprint density at radius 3 is 2.21 bits per heavy atom. The second kappa shape index (κ2) is 5.99. The van der Waals surface area contributed by atoms with E-state index in [-0.39, 0.29) is 5.91 Å². The molecule has 0 saturated heterocycles. The van der Waals surface area contributed by atoms with Gasteiger partial charge in [-0.25, -0.2) is 0 Å². The lowest BCUT2D eigenvalue weighted by Gasteiger charge is -2.17. The van der Waals surface area contributed by atoms with E-state index in [1.165, 1.54) is 0 Å². The zero-order chi connectivity index (χ0) is 13.8. The van der Waals surface area contributed by atoms with Crippen molar-refractivity contribution in [1.29, 1.82) is 0 Å². The Balaban J connectivity index is 2.20. The van der Waals surface area contributed by atoms with Gasteiger partial charge in [0.1, 0.15) is 0 Å². The summed E-state index contributed by atoms with van der Waals surface area (Å²) in [5, 5.41) is 0. The number of nitrogens with zero attached hydrogens (tertiary/aromatic N) is 1. The first-order chi connectivity index (χ1) is 9.11. The molecule has 2 aromatic carbocycles. The van der Waals surface area contributed by atoms with E-state index in [1.54, 1.807) is 24.1 Å². The third-order valence-corrected chi connectivity index (χ3v) is 3.48. The number of hydrogen-bond donors (Lipinski definition) is 1. The molecule has 0 radical (unpaired) electrons. The summed E-state index contributed by atoms with van der Waals surface area (Å²) >= 11 is 3.38. The van der Waals surface area contributed by atoms with E-state index >= 15 is 0 Å². The van der Waals surface area contributed by atoms with E-state index in [9.17, 15) is 4.79 Å². The molecule has 19 heavy (non-hydrogen) atoms. The van der Waals surface area contributed by atoms with Crippen molar-refractivity contribution in [3.05, 3.63) is 64.1 Å². The molecule has 0 atom stereocenters. The Hall–Kier alpha value is -1.65. The first-order valence-corrected chi connectivity index (χ1v) is 6.74. The second-order valence-corrected chi connectivity index (χ2v) is 5.16. The normalized spacial score (nSPS) is 10.3. The van der Waals surface area contributed by atoms with Gasteiger partial charge in [-0.15, -0.1) is 0 Å². The topological polar surface area (TPSA) is 46.3 Å². The highest BCUT2D eigenvalue weighted by molar-refractivity contribution is 9.10. The van der Waals surface area contributed by atoms with Gasteiger partial charge < -0.3 is 10.6 Å². The van der Waals surface area contributed by atoms with Crippen LogP contribution in [0.4, 0.5) is 5.69 Å². The van der Waals surface area contributed by atoms with Crippen LogP contribution in [-0.2, 0) is 6.54 Å². The van der Waals surface area contributed by atoms with Crippen LogP contribution in [0.15, 0.2) is 53.0 Å². The minimum atomic E-state index is -0.0362. The maximum Gasteiger partial charge on any atom is 0.258 e. The first-order valence-electron chi connectivity index (χ1n) is 5.94. The maximum atomic E-state index is 12.3. The fraction of sp³-hybridized carbons (Fsp3) is 0.133. The average molecular weight is 319 g/mol. The van der Waals surface area contributed by atoms with Crippen molar-refractivity contribution in [3.63, 3.8) is 0 Å². The molecular formula is C15H15BrN2O. The Morgan fingerprint density at radius 1 is 1.11 bits per heavy atom. The molecule has 0 aliphatic heterocycles. The fourth-order valence-electron chi connectivity index (χ4n) is 1.76. The van der Waals surface area contributed by atoms with Gasteiger partial charge in [-0.3, -0.25) is 4.79 Å². The molecule has 0 fully saturated rings. The van der Waals surface area contributed by atoms with E-state index in [0.29, 0.717) is 12.1 Å². The van der Waals surface area contributed by atoms with Gasteiger partial charge in [-0.05, 0) is 42.0 Å². The molecule has 0 aliphatic carbocycles. The lowest BCUT2D eigenvalue weighted by atomic mass is 10.1. The molecule has 3 nitrogen and oxygen atoms in total. The summed E-state index contributed by atoms with van der Waals surface area (Å²) in [6, 6.07) is 15.0. The number of hydrogen-bond acceptors (Lipinski definition) is 2. The van der Waals surface area contributed by atoms with Gasteiger partial charge >= 0.3 is 0 Å². The van der Waals surface area contributed by atoms with Gasteiger partial charge in [0.2, 0.25) is 0 Å². The highest BCUT2D eigenvalue weighted by atomic mass is 79.9. The van der Waals surface area contributed by atoms with Gasteiger partial charge in [0.25, 0.3) is 5.91 Å². The highest BCUT2D eigenvalue weighted by Gasteiger charge is 2.12. The van der Waals surface area contributed by atoms with E-state index in [4.69, 9.17) is 5.73 Å². The van der Waals surface area contributed by atoms with E-state index in [0.717, 1.165) is 15.7 Å². The summed E-state index contributed by atoms with van der Waals surface area (Å²) < 4.78 is 0.990. The summed E-state index contributed by atoms with van der Waals surface area (Å²) in [4.78, 5) is 13.9. The summed E-state index contributed by atoms with van der Waals surface area (Å²) in [5.41, 5.74) is 8.07. The number of rotatable bonds is 3. The third kappa shape index (κ3) is 3.22. The van der Waals surface area contributed by atoms with E-state index < -0.39 is 0 Å². The SMILES string of the molecule is CN(C(=O)c1ccc(CN)cc1)c1ccc(Br)cc1. The van der Waals surface area contributed by atoms with Crippen LogP contribution in [0.5, 0.6) is 0 Å². The van der Waals surface area contributed by atoms with Crippen LogP contribution in [0, 0.1) is 0 Å². The zero-order valence-electron chi connectivity index (χ0n) is 10.6. The molecule has 2 N–H and O–H groups in total. The molecule has 0 spiro atoms. The number of amides is 1. The highest BCUT2D eigenvalue weighted by Crippen LogP contribution is 2.19. The van der Waals surface area contributed by atoms with Crippen LogP contribution in [0.2, 0.25) is 0 Å². The zero-order valence-corrected chi connectivity index (χ0v) is 12.2. The number of nitrogens with two attached hydrogens (primary N) is 1. The molecule has 2 rings (SSSR count). The van der Waals surface area contributed by atoms with E-state index in [2.05, 4.69) is 15.9 Å². The average Bonchev–Trinajstić information content (AvgIpc) is 2.46. The van der Waals surface area contributed by atoms with Crippen molar-refractivity contribution in [2.24, 2.45) is 5.73 Å². The third-order valence-electron chi connectivity index (χ3n) is 2.96. The molecule has 4 heteroatoms. The number of carbonyl (C=O) groups excluding carboxylic acids is 1. The largest absolute Gasteiger partial charge is 0.326 e. The predicted molar refractivity (Wildman–Crippen MR) is 81.2 cm³/mol. The number of anilines is 1. The van der Waals surface area contributed by atoms with Gasteiger partial charge in [0, 0.05) is 29.3 Å². The molecule has 0 aromatic heterocycles. The molecule has 1 amide bonds. The Bertz CT molecular complexity index is 564. The monoisotopic (exact) mass is 318 g/mol. The molecule has 0 aliphatic rings. The Morgan fingerprint density at radius 2 is 1.68 bits per heavy atom. The van der Waals surface area contributed by atoms with Crippen molar-refractivity contribution in [1.82, 2.24) is 0 Å². The molecule has 0 heterocycles. The minimum Gasteiger partial charge on any atom is -0.326 e. The van der Waals surface area contributed by atoms with Gasteiger partial charge in [0.15, 0.2) is 0 Å². The van der Waals surface area contributed by atoms with E-state index in [1.807, 2.05) is 36.4 Å². The molecule has 0 saturated carbocycles. The Labute approximate surface area is 121 Å². The lowest BCUT2D eigenvalue weighted by molar-refractivity contribution is 0.0993. The lowest BCUT2D eigenvalue weighted by Crippen LogP contribution is -2.26. The smallest absolute Gasteiger partial charge is 0.258 e.